The molecule has 0 radical (unpaired) electrons. The first-order valence-corrected chi connectivity index (χ1v) is 12.7. The minimum Gasteiger partial charge on any atom is -0.365 e. The summed E-state index contributed by atoms with van der Waals surface area (Å²) in [6, 6.07) is 10.2. The molecule has 2 bridgehead atoms. The van der Waals surface area contributed by atoms with Crippen LogP contribution < -0.4 is 11.0 Å². The van der Waals surface area contributed by atoms with E-state index in [0.717, 1.165) is 0 Å². The van der Waals surface area contributed by atoms with Gasteiger partial charge in [0.05, 0.1) is 6.10 Å². The van der Waals surface area contributed by atoms with Crippen LogP contribution in [0.2, 0.25) is 0 Å². The highest BCUT2D eigenvalue weighted by molar-refractivity contribution is 7.46. The highest BCUT2D eigenvalue weighted by Gasteiger charge is 2.66. The van der Waals surface area contributed by atoms with Gasteiger partial charge in [-0.15, -0.1) is 0 Å². The third-order valence-electron chi connectivity index (χ3n) is 6.12. The van der Waals surface area contributed by atoms with Crippen LogP contribution in [-0.4, -0.2) is 59.2 Å². The number of benzene rings is 1. The summed E-state index contributed by atoms with van der Waals surface area (Å²) in [5.41, 5.74) is -0.849. The van der Waals surface area contributed by atoms with Crippen molar-refractivity contribution in [3.63, 3.8) is 0 Å². The van der Waals surface area contributed by atoms with Gasteiger partial charge in [-0.1, -0.05) is 25.1 Å². The number of nitrogens with one attached hydrogen (secondary N) is 1. The Morgan fingerprint density at radius 3 is 2.79 bits per heavy atom. The number of rotatable bonds is 9. The molecule has 34 heavy (non-hydrogen) atoms. The van der Waals surface area contributed by atoms with Crippen LogP contribution in [0.3, 0.4) is 0 Å². The number of nitrogens with zero attached hydrogens (tertiary/aromatic N) is 3. The number of hydrogen-bond acceptors (Lipinski definition) is 7. The largest absolute Gasteiger partial charge is 0.365 e. The van der Waals surface area contributed by atoms with Gasteiger partial charge in [0.2, 0.25) is 6.54 Å². The molecule has 3 heterocycles. The summed E-state index contributed by atoms with van der Waals surface area (Å²) in [5, 5.41) is 2.64. The molecule has 2 saturated heterocycles. The molecular weight excluding hydrogens is 459 g/mol. The van der Waals surface area contributed by atoms with E-state index in [9.17, 15) is 9.59 Å². The van der Waals surface area contributed by atoms with Crippen LogP contribution in [0.15, 0.2) is 47.4 Å². The lowest BCUT2D eigenvalue weighted by atomic mass is 9.91. The van der Waals surface area contributed by atoms with Crippen LogP contribution in [0.5, 0.6) is 0 Å². The van der Waals surface area contributed by atoms with Crippen molar-refractivity contribution in [1.82, 2.24) is 9.55 Å². The molecule has 1 amide bonds. The van der Waals surface area contributed by atoms with E-state index in [1.165, 1.54) is 10.8 Å². The molecule has 180 valence electrons. The molecule has 1 N–H and O–H groups in total. The van der Waals surface area contributed by atoms with Crippen LogP contribution in [0.1, 0.15) is 36.9 Å². The Labute approximate surface area is 198 Å². The molecule has 1 unspecified atom stereocenters. The van der Waals surface area contributed by atoms with Gasteiger partial charge in [0, 0.05) is 18.4 Å². The van der Waals surface area contributed by atoms with Crippen molar-refractivity contribution in [1.29, 1.82) is 0 Å². The molecule has 10 nitrogen and oxygen atoms in total. The zero-order chi connectivity index (χ0) is 24.3. The maximum absolute atomic E-state index is 12.9. The number of carbonyl (C=O) groups is 1. The highest BCUT2D eigenvalue weighted by Crippen LogP contribution is 2.55. The van der Waals surface area contributed by atoms with Gasteiger partial charge in [-0.2, -0.15) is 4.98 Å². The predicted octanol–water partition coefficient (Wildman–Crippen LogP) is 3.22. The van der Waals surface area contributed by atoms with Gasteiger partial charge in [0.25, 0.3) is 5.91 Å². The van der Waals surface area contributed by atoms with Crippen LogP contribution >= 0.6 is 8.38 Å². The monoisotopic (exact) mass is 486 g/mol. The molecule has 0 saturated carbocycles. The normalized spacial score (nSPS) is 28.4. The Bertz CT molecular complexity index is 1120. The molecule has 1 aromatic carbocycles. The zero-order valence-electron chi connectivity index (χ0n) is 19.2. The van der Waals surface area contributed by atoms with E-state index >= 15 is 0 Å². The summed E-state index contributed by atoms with van der Waals surface area (Å²) in [4.78, 5) is 32.6. The van der Waals surface area contributed by atoms with Crippen LogP contribution in [-0.2, 0) is 18.5 Å². The number of ether oxygens (including phenoxy) is 2. The lowest BCUT2D eigenvalue weighted by Crippen LogP contribution is -2.46. The quantitative estimate of drug-likeness (QED) is 0.330. The summed E-state index contributed by atoms with van der Waals surface area (Å²) in [5.74, 6) is -0.206. The Hall–Kier alpha value is -2.67. The molecule has 2 fully saturated rings. The molecule has 2 aliphatic heterocycles. The van der Waals surface area contributed by atoms with Gasteiger partial charge < -0.3 is 28.7 Å². The van der Waals surface area contributed by atoms with Crippen LogP contribution in [0.25, 0.3) is 4.85 Å². The van der Waals surface area contributed by atoms with Gasteiger partial charge in [0.1, 0.15) is 30.2 Å². The first-order valence-electron chi connectivity index (χ1n) is 11.0. The van der Waals surface area contributed by atoms with Crippen LogP contribution in [0, 0.1) is 6.57 Å². The third kappa shape index (κ3) is 4.63. The number of hydrogen-bond donors (Lipinski definition) is 1. The molecule has 4 rings (SSSR count). The summed E-state index contributed by atoms with van der Waals surface area (Å²) in [6.45, 7) is 13.2. The van der Waals surface area contributed by atoms with Crippen molar-refractivity contribution in [2.45, 2.75) is 50.4 Å². The Morgan fingerprint density at radius 1 is 1.35 bits per heavy atom. The average molecular weight is 486 g/mol. The van der Waals surface area contributed by atoms with E-state index in [0.29, 0.717) is 18.6 Å². The SMILES string of the molecule is [C-]#[N+]CCOP(C)O[C@H]1[C@H]2O[C@H](C)[C@]1(CC)O[C@H]2n1ccc(NC(=O)c2ccccc2)nc1=O. The number of carbonyl (C=O) groups excluding carboxylic acids is 1. The van der Waals surface area contributed by atoms with E-state index in [4.69, 9.17) is 25.1 Å². The number of fused-ring (bicyclic) bond motifs is 2. The van der Waals surface area contributed by atoms with E-state index in [1.807, 2.05) is 26.6 Å². The molecule has 0 spiro atoms. The number of amides is 1. The molecule has 1 aromatic heterocycles. The fourth-order valence-electron chi connectivity index (χ4n) is 4.40. The van der Waals surface area contributed by atoms with Gasteiger partial charge >= 0.3 is 5.69 Å². The fraction of sp³-hybridized carbons (Fsp3) is 0.478. The predicted molar refractivity (Wildman–Crippen MR) is 126 cm³/mol. The second kappa shape index (κ2) is 10.3. The van der Waals surface area contributed by atoms with E-state index < -0.39 is 38.1 Å². The van der Waals surface area contributed by atoms with Crippen molar-refractivity contribution in [3.8, 4) is 0 Å². The second-order valence-electron chi connectivity index (χ2n) is 8.06. The Balaban J connectivity index is 1.51. The molecular formula is C23H27N4O6P. The van der Waals surface area contributed by atoms with Gasteiger partial charge in [-0.3, -0.25) is 9.36 Å². The minimum atomic E-state index is -1.26. The summed E-state index contributed by atoms with van der Waals surface area (Å²) < 4.78 is 25.8. The zero-order valence-corrected chi connectivity index (χ0v) is 20.1. The van der Waals surface area contributed by atoms with Crippen molar-refractivity contribution >= 4 is 20.1 Å². The Kier molecular flexibility index (Phi) is 7.41. The Morgan fingerprint density at radius 2 is 2.12 bits per heavy atom. The standard InChI is InChI=1S/C23H27N4O6P/c1-5-23-15(2)31-18(19(23)33-34(4)30-14-12-24-3)21(32-23)27-13-11-17(26-22(27)29)25-20(28)16-9-7-6-8-10-16/h6-11,13,15,18-19,21H,5,12,14H2,1-2,4H3,(H,25,26,28,29)/t15-,18-,19+,21-,23+,34?/m1/s1. The van der Waals surface area contributed by atoms with E-state index in [1.54, 1.807) is 30.3 Å². The van der Waals surface area contributed by atoms with Crippen molar-refractivity contribution in [2.75, 3.05) is 25.1 Å². The average Bonchev–Trinajstić information content (AvgIpc) is 3.27. The van der Waals surface area contributed by atoms with Crippen molar-refractivity contribution in [3.05, 3.63) is 70.1 Å². The summed E-state index contributed by atoms with van der Waals surface area (Å²) >= 11 is 0. The first kappa shape index (κ1) is 24.5. The highest BCUT2D eigenvalue weighted by atomic mass is 31.2. The summed E-state index contributed by atoms with van der Waals surface area (Å²) in [6.07, 6.45) is 0.219. The fourth-order valence-corrected chi connectivity index (χ4v) is 5.42. The molecule has 0 aliphatic carbocycles. The maximum atomic E-state index is 12.9. The van der Waals surface area contributed by atoms with Crippen molar-refractivity contribution in [2.24, 2.45) is 0 Å². The smallest absolute Gasteiger partial charge is 0.351 e. The van der Waals surface area contributed by atoms with Gasteiger partial charge in [0.15, 0.2) is 14.6 Å². The van der Waals surface area contributed by atoms with E-state index in [2.05, 4.69) is 15.1 Å². The lowest BCUT2D eigenvalue weighted by molar-refractivity contribution is -0.207. The lowest BCUT2D eigenvalue weighted by Gasteiger charge is -2.36. The first-order chi connectivity index (χ1) is 16.4. The molecule has 2 aromatic rings. The topological polar surface area (TPSA) is 105 Å². The number of anilines is 1. The molecule has 6 atom stereocenters. The van der Waals surface area contributed by atoms with E-state index in [-0.39, 0.29) is 24.4 Å². The minimum absolute atomic E-state index is 0.149. The number of aromatic nitrogens is 2. The van der Waals surface area contributed by atoms with Gasteiger partial charge in [-0.25, -0.2) is 11.4 Å². The molecule has 2 aliphatic rings. The van der Waals surface area contributed by atoms with Crippen LogP contribution in [0.4, 0.5) is 5.82 Å². The second-order valence-corrected chi connectivity index (χ2v) is 9.41. The maximum Gasteiger partial charge on any atom is 0.351 e. The third-order valence-corrected chi connectivity index (χ3v) is 7.19. The summed E-state index contributed by atoms with van der Waals surface area (Å²) in [7, 11) is -1.26. The van der Waals surface area contributed by atoms with Crippen molar-refractivity contribution < 1.29 is 23.3 Å². The van der Waals surface area contributed by atoms with Gasteiger partial charge in [-0.05, 0) is 31.5 Å². The molecule has 11 heteroatoms.